The molecule has 0 fully saturated rings. The first-order valence-corrected chi connectivity index (χ1v) is 7.83. The van der Waals surface area contributed by atoms with Gasteiger partial charge in [-0.3, -0.25) is 4.79 Å². The topological polar surface area (TPSA) is 116 Å². The van der Waals surface area contributed by atoms with Gasteiger partial charge in [-0.15, -0.1) is 0 Å². The number of carbonyl (C=O) groups excluding carboxylic acids is 1. The number of phenolic OH excluding ortho intramolecular Hbond substituents is 1. The average molecular weight is 340 g/mol. The van der Waals surface area contributed by atoms with Crippen LogP contribution < -0.4 is 5.73 Å². The quantitative estimate of drug-likeness (QED) is 0.571. The number of aromatic hydroxyl groups is 1. The molecule has 1 amide bonds. The van der Waals surface area contributed by atoms with Crippen LogP contribution in [0.15, 0.2) is 54.6 Å². The lowest BCUT2D eigenvalue weighted by Gasteiger charge is -1.97. The van der Waals surface area contributed by atoms with Crippen molar-refractivity contribution < 1.29 is 19.8 Å². The molecule has 6 heteroatoms. The van der Waals surface area contributed by atoms with Gasteiger partial charge in [0, 0.05) is 17.3 Å². The van der Waals surface area contributed by atoms with E-state index in [1.165, 1.54) is 23.8 Å². The normalized spacial score (nSPS) is 10.1. The van der Waals surface area contributed by atoms with Gasteiger partial charge in [-0.1, -0.05) is 30.3 Å². The highest BCUT2D eigenvalue weighted by Crippen LogP contribution is 2.20. The highest BCUT2D eigenvalue weighted by Gasteiger charge is 2.06. The van der Waals surface area contributed by atoms with Gasteiger partial charge in [0.05, 0.1) is 0 Å². The third kappa shape index (κ3) is 5.69. The Balaban J connectivity index is 0.000000181. The Morgan fingerprint density at radius 3 is 2.40 bits per heavy atom. The number of fused-ring (bicyclic) bond motifs is 1. The van der Waals surface area contributed by atoms with Gasteiger partial charge < -0.3 is 20.9 Å². The molecule has 5 N–H and O–H groups in total. The minimum absolute atomic E-state index is 0.126. The van der Waals surface area contributed by atoms with Crippen LogP contribution in [0, 0.1) is 0 Å². The van der Waals surface area contributed by atoms with Crippen molar-refractivity contribution in [3.63, 3.8) is 0 Å². The number of benzene rings is 2. The predicted octanol–water partition coefficient (Wildman–Crippen LogP) is 3.07. The summed E-state index contributed by atoms with van der Waals surface area (Å²) >= 11 is 0. The van der Waals surface area contributed by atoms with Gasteiger partial charge in [0.25, 0.3) is 0 Å². The SMILES string of the molecule is NC(=O)CCCc1ccccc1.O=C(O)c1cc2cc(O)ccc2[nH]1. The third-order valence-electron chi connectivity index (χ3n) is 3.57. The number of aromatic amines is 1. The van der Waals surface area contributed by atoms with E-state index in [9.17, 15) is 9.59 Å². The van der Waals surface area contributed by atoms with E-state index in [0.717, 1.165) is 12.8 Å². The van der Waals surface area contributed by atoms with Gasteiger partial charge in [0.1, 0.15) is 11.4 Å². The third-order valence-corrected chi connectivity index (χ3v) is 3.57. The number of carboxylic acid groups (broad SMARTS) is 1. The Morgan fingerprint density at radius 2 is 1.76 bits per heavy atom. The lowest BCUT2D eigenvalue weighted by Crippen LogP contribution is -2.10. The summed E-state index contributed by atoms with van der Waals surface area (Å²) in [6, 6.07) is 16.2. The van der Waals surface area contributed by atoms with E-state index in [0.29, 0.717) is 17.3 Å². The number of primary amides is 1. The zero-order valence-electron chi connectivity index (χ0n) is 13.6. The molecule has 0 aliphatic heterocycles. The summed E-state index contributed by atoms with van der Waals surface area (Å²) in [5, 5.41) is 18.5. The van der Waals surface area contributed by atoms with Gasteiger partial charge in [-0.2, -0.15) is 0 Å². The van der Waals surface area contributed by atoms with E-state index in [2.05, 4.69) is 17.1 Å². The van der Waals surface area contributed by atoms with Crippen molar-refractivity contribution in [2.45, 2.75) is 19.3 Å². The van der Waals surface area contributed by atoms with E-state index in [-0.39, 0.29) is 17.4 Å². The Bertz CT molecular complexity index is 856. The van der Waals surface area contributed by atoms with Crippen LogP contribution in [0.2, 0.25) is 0 Å². The summed E-state index contributed by atoms with van der Waals surface area (Å²) in [5.41, 5.74) is 7.11. The number of rotatable bonds is 5. The summed E-state index contributed by atoms with van der Waals surface area (Å²) < 4.78 is 0. The molecule has 0 radical (unpaired) electrons. The molecule has 0 aliphatic rings. The molecular formula is C19H20N2O4. The summed E-state index contributed by atoms with van der Waals surface area (Å²) in [5.74, 6) is -1.09. The van der Waals surface area contributed by atoms with Gasteiger partial charge in [-0.05, 0) is 42.7 Å². The fourth-order valence-corrected chi connectivity index (χ4v) is 2.35. The van der Waals surface area contributed by atoms with Gasteiger partial charge in [0.2, 0.25) is 5.91 Å². The molecule has 3 rings (SSSR count). The molecule has 1 aromatic heterocycles. The maximum Gasteiger partial charge on any atom is 0.352 e. The number of nitrogens with two attached hydrogens (primary N) is 1. The molecule has 2 aromatic carbocycles. The standard InChI is InChI=1S/C10H13NO.C9H7NO3/c11-10(12)8-4-7-9-5-2-1-3-6-9;11-6-1-2-7-5(3-6)4-8(10-7)9(12)13/h1-3,5-6H,4,7-8H2,(H2,11,12);1-4,10-11H,(H,12,13). The smallest absolute Gasteiger partial charge is 0.352 e. The first kappa shape index (κ1) is 18.1. The first-order valence-electron chi connectivity index (χ1n) is 7.83. The number of hydrogen-bond acceptors (Lipinski definition) is 3. The molecule has 130 valence electrons. The Labute approximate surface area is 144 Å². The minimum Gasteiger partial charge on any atom is -0.508 e. The molecule has 0 saturated carbocycles. The lowest BCUT2D eigenvalue weighted by molar-refractivity contribution is -0.118. The van der Waals surface area contributed by atoms with Gasteiger partial charge >= 0.3 is 5.97 Å². The molecular weight excluding hydrogens is 320 g/mol. The van der Waals surface area contributed by atoms with E-state index >= 15 is 0 Å². The molecule has 3 aromatic rings. The van der Waals surface area contributed by atoms with Crippen LogP contribution in [-0.4, -0.2) is 27.1 Å². The van der Waals surface area contributed by atoms with E-state index in [1.54, 1.807) is 6.07 Å². The number of aryl methyl sites for hydroxylation is 1. The maximum absolute atomic E-state index is 10.6. The zero-order chi connectivity index (χ0) is 18.2. The van der Waals surface area contributed by atoms with Crippen molar-refractivity contribution in [1.82, 2.24) is 4.98 Å². The van der Waals surface area contributed by atoms with E-state index in [4.69, 9.17) is 15.9 Å². The average Bonchev–Trinajstić information content (AvgIpc) is 2.99. The van der Waals surface area contributed by atoms with Crippen LogP contribution in [0.1, 0.15) is 28.9 Å². The predicted molar refractivity (Wildman–Crippen MR) is 95.5 cm³/mol. The summed E-state index contributed by atoms with van der Waals surface area (Å²) in [6.07, 6.45) is 2.26. The van der Waals surface area contributed by atoms with Crippen LogP contribution in [0.5, 0.6) is 5.75 Å². The number of nitrogens with one attached hydrogen (secondary N) is 1. The molecule has 0 aliphatic carbocycles. The first-order chi connectivity index (χ1) is 12.0. The highest BCUT2D eigenvalue weighted by atomic mass is 16.4. The van der Waals surface area contributed by atoms with Crippen molar-refractivity contribution in [1.29, 1.82) is 0 Å². The second kappa shape index (κ2) is 8.54. The fourth-order valence-electron chi connectivity index (χ4n) is 2.35. The second-order valence-corrected chi connectivity index (χ2v) is 5.57. The molecule has 0 atom stereocenters. The molecule has 0 unspecified atom stereocenters. The maximum atomic E-state index is 10.6. The van der Waals surface area contributed by atoms with Crippen LogP contribution >= 0.6 is 0 Å². The number of hydrogen-bond donors (Lipinski definition) is 4. The number of aromatic nitrogens is 1. The van der Waals surface area contributed by atoms with Crippen molar-refractivity contribution >= 4 is 22.8 Å². The Hall–Kier alpha value is -3.28. The van der Waals surface area contributed by atoms with E-state index in [1.807, 2.05) is 18.2 Å². The largest absolute Gasteiger partial charge is 0.508 e. The van der Waals surface area contributed by atoms with Gasteiger partial charge in [-0.25, -0.2) is 4.79 Å². The van der Waals surface area contributed by atoms with Crippen molar-refractivity contribution in [2.75, 3.05) is 0 Å². The minimum atomic E-state index is -1.00. The Morgan fingerprint density at radius 1 is 1.04 bits per heavy atom. The monoisotopic (exact) mass is 340 g/mol. The van der Waals surface area contributed by atoms with Crippen LogP contribution in [-0.2, 0) is 11.2 Å². The number of aromatic carboxylic acids is 1. The zero-order valence-corrected chi connectivity index (χ0v) is 13.6. The summed E-state index contributed by atoms with van der Waals surface area (Å²) in [7, 11) is 0. The second-order valence-electron chi connectivity index (χ2n) is 5.57. The lowest BCUT2D eigenvalue weighted by atomic mass is 10.1. The number of phenols is 1. The molecule has 25 heavy (non-hydrogen) atoms. The number of H-pyrrole nitrogens is 1. The van der Waals surface area contributed by atoms with Crippen LogP contribution in [0.3, 0.4) is 0 Å². The van der Waals surface area contributed by atoms with Crippen LogP contribution in [0.25, 0.3) is 10.9 Å². The Kier molecular flexibility index (Phi) is 6.17. The van der Waals surface area contributed by atoms with Crippen molar-refractivity contribution in [3.8, 4) is 5.75 Å². The number of carboxylic acids is 1. The molecule has 0 saturated heterocycles. The number of amides is 1. The fraction of sp³-hybridized carbons (Fsp3) is 0.158. The molecule has 0 spiro atoms. The molecule has 1 heterocycles. The van der Waals surface area contributed by atoms with Crippen molar-refractivity contribution in [2.24, 2.45) is 5.73 Å². The summed E-state index contributed by atoms with van der Waals surface area (Å²) in [6.45, 7) is 0. The van der Waals surface area contributed by atoms with Crippen LogP contribution in [0.4, 0.5) is 0 Å². The molecule has 0 bridgehead atoms. The summed E-state index contributed by atoms with van der Waals surface area (Å²) in [4.78, 5) is 23.7. The molecule has 6 nitrogen and oxygen atoms in total. The van der Waals surface area contributed by atoms with Crippen molar-refractivity contribution in [3.05, 3.63) is 65.9 Å². The van der Waals surface area contributed by atoms with E-state index < -0.39 is 5.97 Å². The van der Waals surface area contributed by atoms with Gasteiger partial charge in [0.15, 0.2) is 0 Å². The number of carbonyl (C=O) groups is 2. The highest BCUT2D eigenvalue weighted by molar-refractivity contribution is 5.94.